The fourth-order valence-corrected chi connectivity index (χ4v) is 2.32. The molecule has 4 heteroatoms. The molecule has 0 atom stereocenters. The normalized spacial score (nSPS) is 10.3. The zero-order chi connectivity index (χ0) is 15.7. The first-order valence-electron chi connectivity index (χ1n) is 7.78. The van der Waals surface area contributed by atoms with Crippen molar-refractivity contribution in [2.75, 3.05) is 17.2 Å². The van der Waals surface area contributed by atoms with Gasteiger partial charge in [0.05, 0.1) is 0 Å². The molecule has 0 radical (unpaired) electrons. The predicted molar refractivity (Wildman–Crippen MR) is 94.4 cm³/mol. The van der Waals surface area contributed by atoms with Gasteiger partial charge in [-0.1, -0.05) is 60.7 Å². The van der Waals surface area contributed by atoms with Crippen LogP contribution in [-0.2, 0) is 13.0 Å². The molecule has 0 fully saturated rings. The van der Waals surface area contributed by atoms with Crippen LogP contribution in [0.5, 0.6) is 0 Å². The monoisotopic (exact) mass is 304 g/mol. The van der Waals surface area contributed by atoms with E-state index < -0.39 is 0 Å². The zero-order valence-corrected chi connectivity index (χ0v) is 12.9. The summed E-state index contributed by atoms with van der Waals surface area (Å²) in [5, 5.41) is 6.66. The van der Waals surface area contributed by atoms with Crippen molar-refractivity contribution in [1.82, 2.24) is 9.97 Å². The smallest absolute Gasteiger partial charge is 0.131 e. The largest absolute Gasteiger partial charge is 0.370 e. The number of benzene rings is 2. The van der Waals surface area contributed by atoms with Gasteiger partial charge in [-0.05, 0) is 17.5 Å². The summed E-state index contributed by atoms with van der Waals surface area (Å²) in [6.45, 7) is 1.60. The molecule has 0 bridgehead atoms. The molecular formula is C19H20N4. The topological polar surface area (TPSA) is 49.8 Å². The lowest BCUT2D eigenvalue weighted by Gasteiger charge is -2.09. The van der Waals surface area contributed by atoms with Crippen molar-refractivity contribution in [2.45, 2.75) is 13.0 Å². The van der Waals surface area contributed by atoms with Crippen molar-refractivity contribution in [3.05, 3.63) is 84.2 Å². The lowest BCUT2D eigenvalue weighted by atomic mass is 10.1. The lowest BCUT2D eigenvalue weighted by molar-refractivity contribution is 0.996. The molecule has 23 heavy (non-hydrogen) atoms. The van der Waals surface area contributed by atoms with Crippen molar-refractivity contribution < 1.29 is 0 Å². The minimum atomic E-state index is 0.751. The summed E-state index contributed by atoms with van der Waals surface area (Å²) < 4.78 is 0. The summed E-state index contributed by atoms with van der Waals surface area (Å²) in [7, 11) is 0. The zero-order valence-electron chi connectivity index (χ0n) is 12.9. The van der Waals surface area contributed by atoms with Crippen LogP contribution in [0.1, 0.15) is 11.1 Å². The van der Waals surface area contributed by atoms with Gasteiger partial charge in [-0.2, -0.15) is 0 Å². The molecule has 2 aromatic carbocycles. The molecule has 0 aliphatic heterocycles. The lowest BCUT2D eigenvalue weighted by Crippen LogP contribution is -2.08. The van der Waals surface area contributed by atoms with Gasteiger partial charge in [0.15, 0.2) is 0 Å². The minimum absolute atomic E-state index is 0.751. The Morgan fingerprint density at radius 3 is 2.00 bits per heavy atom. The van der Waals surface area contributed by atoms with Crippen LogP contribution in [0.3, 0.4) is 0 Å². The number of nitrogens with one attached hydrogen (secondary N) is 2. The summed E-state index contributed by atoms with van der Waals surface area (Å²) in [6, 6.07) is 22.6. The SMILES string of the molecule is c1ccc(CCNc2cc(NCc3ccccc3)ncn2)cc1. The Morgan fingerprint density at radius 2 is 1.30 bits per heavy atom. The first-order chi connectivity index (χ1) is 11.4. The van der Waals surface area contributed by atoms with Crippen molar-refractivity contribution in [3.63, 3.8) is 0 Å². The van der Waals surface area contributed by atoms with E-state index in [1.807, 2.05) is 30.3 Å². The molecule has 0 amide bonds. The minimum Gasteiger partial charge on any atom is -0.370 e. The van der Waals surface area contributed by atoms with E-state index >= 15 is 0 Å². The highest BCUT2D eigenvalue weighted by atomic mass is 15.1. The molecule has 0 saturated carbocycles. The molecule has 1 aromatic heterocycles. The number of rotatable bonds is 7. The van der Waals surface area contributed by atoms with Gasteiger partial charge in [0, 0.05) is 19.2 Å². The quantitative estimate of drug-likeness (QED) is 0.698. The van der Waals surface area contributed by atoms with Crippen LogP contribution < -0.4 is 10.6 Å². The maximum atomic E-state index is 4.26. The van der Waals surface area contributed by atoms with Gasteiger partial charge in [0.1, 0.15) is 18.0 Å². The van der Waals surface area contributed by atoms with E-state index in [0.717, 1.165) is 31.1 Å². The summed E-state index contributed by atoms with van der Waals surface area (Å²) in [4.78, 5) is 8.52. The van der Waals surface area contributed by atoms with Gasteiger partial charge < -0.3 is 10.6 Å². The van der Waals surface area contributed by atoms with Crippen LogP contribution in [-0.4, -0.2) is 16.5 Å². The van der Waals surface area contributed by atoms with Crippen LogP contribution in [0.15, 0.2) is 73.1 Å². The standard InChI is InChI=1S/C19H20N4/c1-3-7-16(8-4-1)11-12-20-18-13-19(23-15-22-18)21-14-17-9-5-2-6-10-17/h1-10,13,15H,11-12,14H2,(H2,20,21,22,23). The highest BCUT2D eigenvalue weighted by Crippen LogP contribution is 2.10. The molecule has 0 aliphatic rings. The summed E-state index contributed by atoms with van der Waals surface area (Å²) in [5.74, 6) is 1.66. The Balaban J connectivity index is 1.51. The Hall–Kier alpha value is -2.88. The van der Waals surface area contributed by atoms with E-state index in [4.69, 9.17) is 0 Å². The van der Waals surface area contributed by atoms with E-state index in [1.54, 1.807) is 6.33 Å². The molecule has 3 rings (SSSR count). The van der Waals surface area contributed by atoms with Crippen LogP contribution in [0.25, 0.3) is 0 Å². The van der Waals surface area contributed by atoms with E-state index in [0.29, 0.717) is 0 Å². The number of anilines is 2. The van der Waals surface area contributed by atoms with Crippen LogP contribution in [0.4, 0.5) is 11.6 Å². The van der Waals surface area contributed by atoms with Gasteiger partial charge in [-0.25, -0.2) is 9.97 Å². The van der Waals surface area contributed by atoms with Crippen molar-refractivity contribution in [2.24, 2.45) is 0 Å². The Bertz CT molecular complexity index is 714. The van der Waals surface area contributed by atoms with Crippen molar-refractivity contribution >= 4 is 11.6 Å². The maximum Gasteiger partial charge on any atom is 0.131 e. The number of aromatic nitrogens is 2. The highest BCUT2D eigenvalue weighted by Gasteiger charge is 1.99. The first-order valence-corrected chi connectivity index (χ1v) is 7.78. The second kappa shape index (κ2) is 7.94. The maximum absolute atomic E-state index is 4.26. The number of hydrogen-bond donors (Lipinski definition) is 2. The average Bonchev–Trinajstić information content (AvgIpc) is 2.62. The molecule has 0 saturated heterocycles. The Morgan fingerprint density at radius 1 is 0.696 bits per heavy atom. The van der Waals surface area contributed by atoms with Gasteiger partial charge in [0.2, 0.25) is 0 Å². The fraction of sp³-hybridized carbons (Fsp3) is 0.158. The summed E-state index contributed by atoms with van der Waals surface area (Å²) in [5.41, 5.74) is 2.54. The van der Waals surface area contributed by atoms with Crippen LogP contribution in [0.2, 0.25) is 0 Å². The van der Waals surface area contributed by atoms with E-state index in [2.05, 4.69) is 57.0 Å². The van der Waals surface area contributed by atoms with Crippen LogP contribution >= 0.6 is 0 Å². The molecule has 2 N–H and O–H groups in total. The van der Waals surface area contributed by atoms with Gasteiger partial charge in [-0.3, -0.25) is 0 Å². The third-order valence-corrected chi connectivity index (χ3v) is 3.55. The second-order valence-electron chi connectivity index (χ2n) is 5.29. The van der Waals surface area contributed by atoms with Crippen LogP contribution in [0, 0.1) is 0 Å². The highest BCUT2D eigenvalue weighted by molar-refractivity contribution is 5.46. The number of hydrogen-bond acceptors (Lipinski definition) is 4. The molecule has 0 spiro atoms. The first kappa shape index (κ1) is 15.0. The van der Waals surface area contributed by atoms with E-state index in [1.165, 1.54) is 11.1 Å². The molecule has 4 nitrogen and oxygen atoms in total. The molecular weight excluding hydrogens is 284 g/mol. The van der Waals surface area contributed by atoms with Crippen molar-refractivity contribution in [3.8, 4) is 0 Å². The molecule has 3 aromatic rings. The summed E-state index contributed by atoms with van der Waals surface area (Å²) in [6.07, 6.45) is 2.55. The van der Waals surface area contributed by atoms with E-state index in [-0.39, 0.29) is 0 Å². The predicted octanol–water partition coefficient (Wildman–Crippen LogP) is 3.74. The number of nitrogens with zero attached hydrogens (tertiary/aromatic N) is 2. The third kappa shape index (κ3) is 4.81. The van der Waals surface area contributed by atoms with E-state index in [9.17, 15) is 0 Å². The average molecular weight is 304 g/mol. The molecule has 116 valence electrons. The Labute approximate surface area is 136 Å². The summed E-state index contributed by atoms with van der Waals surface area (Å²) >= 11 is 0. The molecule has 0 unspecified atom stereocenters. The third-order valence-electron chi connectivity index (χ3n) is 3.55. The molecule has 1 heterocycles. The second-order valence-corrected chi connectivity index (χ2v) is 5.29. The van der Waals surface area contributed by atoms with Crippen molar-refractivity contribution in [1.29, 1.82) is 0 Å². The molecule has 0 aliphatic carbocycles. The van der Waals surface area contributed by atoms with Gasteiger partial charge >= 0.3 is 0 Å². The fourth-order valence-electron chi connectivity index (χ4n) is 2.32. The van der Waals surface area contributed by atoms with Gasteiger partial charge in [0.25, 0.3) is 0 Å². The van der Waals surface area contributed by atoms with Gasteiger partial charge in [-0.15, -0.1) is 0 Å². The Kier molecular flexibility index (Phi) is 5.19.